The van der Waals surface area contributed by atoms with Gasteiger partial charge in [0.2, 0.25) is 0 Å². The van der Waals surface area contributed by atoms with Crippen LogP contribution in [0.2, 0.25) is 0 Å². The Morgan fingerprint density at radius 3 is 2.74 bits per heavy atom. The van der Waals surface area contributed by atoms with Crippen molar-refractivity contribution in [3.05, 3.63) is 42.0 Å². The third-order valence-corrected chi connectivity index (χ3v) is 6.52. The molecule has 1 aliphatic carbocycles. The molecule has 3 aromatic heterocycles. The molecule has 1 saturated carbocycles. The molecular weight excluding hydrogens is 390 g/mol. The summed E-state index contributed by atoms with van der Waals surface area (Å²) in [5.74, 6) is 2.31. The van der Waals surface area contributed by atoms with Crippen LogP contribution in [0.5, 0.6) is 0 Å². The van der Waals surface area contributed by atoms with E-state index in [0.717, 1.165) is 55.2 Å². The van der Waals surface area contributed by atoms with Crippen LogP contribution in [0.3, 0.4) is 0 Å². The predicted molar refractivity (Wildman–Crippen MR) is 119 cm³/mol. The predicted octanol–water partition coefficient (Wildman–Crippen LogP) is 2.16. The number of pyridine rings is 2. The minimum atomic E-state index is -0.170. The molecule has 160 valence electrons. The molecule has 0 aromatic carbocycles. The first-order valence-electron chi connectivity index (χ1n) is 11.2. The Balaban J connectivity index is 1.48. The zero-order valence-electron chi connectivity index (χ0n) is 17.5. The van der Waals surface area contributed by atoms with Crippen LogP contribution >= 0.6 is 0 Å². The largest absolute Gasteiger partial charge is 0.370 e. The van der Waals surface area contributed by atoms with Crippen LogP contribution < -0.4 is 16.0 Å². The summed E-state index contributed by atoms with van der Waals surface area (Å²) in [5, 5.41) is 4.61. The average molecular weight is 418 g/mol. The number of nitrogens with two attached hydrogens (primary N) is 1. The summed E-state index contributed by atoms with van der Waals surface area (Å²) in [4.78, 5) is 21.5. The van der Waals surface area contributed by atoms with Crippen molar-refractivity contribution < 1.29 is 4.74 Å². The molecule has 3 fully saturated rings. The second-order valence-electron chi connectivity index (χ2n) is 8.72. The maximum atomic E-state index is 6.23. The van der Waals surface area contributed by atoms with Gasteiger partial charge in [-0.25, -0.2) is 9.97 Å². The standard InChI is InChI=1S/C23H27N7O/c24-17-4-10-31-21(17)18-11-15(3-5-27-18)22-28-19-13-26-12-16(14-1-2-14)20(19)23(29-22)30-8-6-25-7-9-30/h3,5,11-14,17,21,25H,1-2,4,6-10,24H2/t17?,21-/m0/s1. The van der Waals surface area contributed by atoms with E-state index in [9.17, 15) is 0 Å². The van der Waals surface area contributed by atoms with Gasteiger partial charge in [-0.1, -0.05) is 0 Å². The molecule has 1 unspecified atom stereocenters. The van der Waals surface area contributed by atoms with Crippen molar-refractivity contribution in [3.8, 4) is 11.4 Å². The van der Waals surface area contributed by atoms with E-state index in [-0.39, 0.29) is 12.1 Å². The summed E-state index contributed by atoms with van der Waals surface area (Å²) < 4.78 is 5.83. The van der Waals surface area contributed by atoms with Crippen molar-refractivity contribution in [2.75, 3.05) is 37.7 Å². The van der Waals surface area contributed by atoms with Crippen LogP contribution in [0, 0.1) is 0 Å². The molecule has 0 amide bonds. The maximum absolute atomic E-state index is 6.23. The quantitative estimate of drug-likeness (QED) is 0.666. The molecule has 3 aromatic rings. The normalized spacial score (nSPS) is 24.1. The Hall–Kier alpha value is -2.68. The van der Waals surface area contributed by atoms with Gasteiger partial charge in [-0.15, -0.1) is 0 Å². The van der Waals surface area contributed by atoms with E-state index in [0.29, 0.717) is 18.3 Å². The van der Waals surface area contributed by atoms with Gasteiger partial charge in [0.1, 0.15) is 11.9 Å². The van der Waals surface area contributed by atoms with E-state index in [4.69, 9.17) is 20.4 Å². The van der Waals surface area contributed by atoms with Crippen molar-refractivity contribution in [1.29, 1.82) is 0 Å². The van der Waals surface area contributed by atoms with Crippen LogP contribution in [0.4, 0.5) is 5.82 Å². The first-order valence-corrected chi connectivity index (χ1v) is 11.2. The van der Waals surface area contributed by atoms with Gasteiger partial charge in [0.25, 0.3) is 0 Å². The van der Waals surface area contributed by atoms with Crippen LogP contribution in [-0.4, -0.2) is 58.8 Å². The smallest absolute Gasteiger partial charge is 0.162 e. The summed E-state index contributed by atoms with van der Waals surface area (Å²) in [6.07, 6.45) is 8.81. The van der Waals surface area contributed by atoms with Crippen molar-refractivity contribution in [1.82, 2.24) is 25.3 Å². The topological polar surface area (TPSA) is 102 Å². The molecule has 2 aliphatic heterocycles. The third kappa shape index (κ3) is 3.54. The number of rotatable bonds is 4. The van der Waals surface area contributed by atoms with Crippen molar-refractivity contribution >= 4 is 16.7 Å². The lowest BCUT2D eigenvalue weighted by Gasteiger charge is -2.30. The molecule has 0 bridgehead atoms. The highest BCUT2D eigenvalue weighted by Crippen LogP contribution is 2.44. The molecule has 5 heterocycles. The fourth-order valence-electron chi connectivity index (χ4n) is 4.68. The molecule has 0 spiro atoms. The van der Waals surface area contributed by atoms with Gasteiger partial charge in [0.05, 0.1) is 17.4 Å². The highest BCUT2D eigenvalue weighted by atomic mass is 16.5. The number of fused-ring (bicyclic) bond motifs is 1. The van der Waals surface area contributed by atoms with Crippen molar-refractivity contribution in [3.63, 3.8) is 0 Å². The highest BCUT2D eigenvalue weighted by molar-refractivity contribution is 5.94. The minimum Gasteiger partial charge on any atom is -0.370 e. The zero-order chi connectivity index (χ0) is 20.8. The summed E-state index contributed by atoms with van der Waals surface area (Å²) in [6, 6.07) is 3.96. The van der Waals surface area contributed by atoms with E-state index in [1.807, 2.05) is 24.5 Å². The molecule has 31 heavy (non-hydrogen) atoms. The molecule has 8 heteroatoms. The maximum Gasteiger partial charge on any atom is 0.162 e. The van der Waals surface area contributed by atoms with Gasteiger partial charge in [-0.05, 0) is 42.9 Å². The number of hydrogen-bond acceptors (Lipinski definition) is 8. The first kappa shape index (κ1) is 19.0. The lowest BCUT2D eigenvalue weighted by atomic mass is 10.0. The van der Waals surface area contributed by atoms with E-state index < -0.39 is 0 Å². The van der Waals surface area contributed by atoms with Gasteiger partial charge in [-0.2, -0.15) is 0 Å². The van der Waals surface area contributed by atoms with Crippen molar-refractivity contribution in [2.45, 2.75) is 37.3 Å². The second-order valence-corrected chi connectivity index (χ2v) is 8.72. The number of aromatic nitrogens is 4. The number of anilines is 1. The lowest BCUT2D eigenvalue weighted by molar-refractivity contribution is 0.102. The fourth-order valence-corrected chi connectivity index (χ4v) is 4.68. The summed E-state index contributed by atoms with van der Waals surface area (Å²) >= 11 is 0. The Labute approximate surface area is 181 Å². The van der Waals surface area contributed by atoms with Gasteiger partial charge >= 0.3 is 0 Å². The molecule has 6 rings (SSSR count). The second kappa shape index (κ2) is 7.78. The molecule has 0 radical (unpaired) electrons. The van der Waals surface area contributed by atoms with Crippen LogP contribution in [0.25, 0.3) is 22.3 Å². The monoisotopic (exact) mass is 417 g/mol. The lowest BCUT2D eigenvalue weighted by Crippen LogP contribution is -2.44. The number of nitrogens with one attached hydrogen (secondary N) is 1. The Kier molecular flexibility index (Phi) is 4.78. The highest BCUT2D eigenvalue weighted by Gasteiger charge is 2.30. The number of ether oxygens (including phenoxy) is 1. The SMILES string of the molecule is NC1CCO[C@@H]1c1cc(-c2nc(N3CCNCC3)c3c(C4CC4)cncc3n2)ccn1. The number of piperazine rings is 1. The summed E-state index contributed by atoms with van der Waals surface area (Å²) in [6.45, 7) is 4.46. The van der Waals surface area contributed by atoms with Crippen LogP contribution in [0.1, 0.15) is 42.5 Å². The first-order chi connectivity index (χ1) is 15.3. The average Bonchev–Trinajstić information content (AvgIpc) is 3.58. The van der Waals surface area contributed by atoms with E-state index in [2.05, 4.69) is 20.2 Å². The minimum absolute atomic E-state index is 0.0259. The molecular formula is C23H27N7O. The van der Waals surface area contributed by atoms with Crippen molar-refractivity contribution in [2.24, 2.45) is 5.73 Å². The summed E-state index contributed by atoms with van der Waals surface area (Å²) in [5.41, 5.74) is 10.2. The molecule has 2 atom stereocenters. The van der Waals surface area contributed by atoms with E-state index in [1.165, 1.54) is 23.8 Å². The van der Waals surface area contributed by atoms with Gasteiger partial charge < -0.3 is 20.7 Å². The van der Waals surface area contributed by atoms with Gasteiger partial charge in [-0.3, -0.25) is 9.97 Å². The van der Waals surface area contributed by atoms with Gasteiger partial charge in [0.15, 0.2) is 5.82 Å². The van der Waals surface area contributed by atoms with Crippen LogP contribution in [-0.2, 0) is 4.74 Å². The zero-order valence-corrected chi connectivity index (χ0v) is 17.5. The number of nitrogens with zero attached hydrogens (tertiary/aromatic N) is 5. The van der Waals surface area contributed by atoms with Gasteiger partial charge in [0, 0.05) is 62.2 Å². The summed E-state index contributed by atoms with van der Waals surface area (Å²) in [7, 11) is 0. The molecule has 8 nitrogen and oxygen atoms in total. The molecule has 3 N–H and O–H groups in total. The fraction of sp³-hybridized carbons (Fsp3) is 0.478. The molecule has 2 saturated heterocycles. The Morgan fingerprint density at radius 2 is 1.97 bits per heavy atom. The number of hydrogen-bond donors (Lipinski definition) is 2. The van der Waals surface area contributed by atoms with E-state index >= 15 is 0 Å². The Morgan fingerprint density at radius 1 is 1.10 bits per heavy atom. The van der Waals surface area contributed by atoms with Crippen LogP contribution in [0.15, 0.2) is 30.7 Å². The Bertz CT molecular complexity index is 1110. The third-order valence-electron chi connectivity index (χ3n) is 6.52. The molecule has 3 aliphatic rings. The van der Waals surface area contributed by atoms with E-state index in [1.54, 1.807) is 6.20 Å².